The Labute approximate surface area is 154 Å². The summed E-state index contributed by atoms with van der Waals surface area (Å²) >= 11 is 1.55. The second kappa shape index (κ2) is 8.81. The molecule has 0 aromatic carbocycles. The number of thiophene rings is 1. The first-order chi connectivity index (χ1) is 12.1. The monoisotopic (exact) mass is 363 g/mol. The lowest BCUT2D eigenvalue weighted by Gasteiger charge is -2.37. The van der Waals surface area contributed by atoms with E-state index in [0.717, 1.165) is 25.2 Å². The molecule has 0 bridgehead atoms. The number of carbonyl (C=O) groups is 2. The van der Waals surface area contributed by atoms with E-state index in [-0.39, 0.29) is 17.9 Å². The molecule has 1 saturated heterocycles. The topological polar surface area (TPSA) is 52.7 Å². The molecular weight excluding hydrogens is 334 g/mol. The molecule has 1 unspecified atom stereocenters. The predicted octanol–water partition coefficient (Wildman–Crippen LogP) is 2.59. The van der Waals surface area contributed by atoms with Crippen molar-refractivity contribution in [1.82, 2.24) is 15.1 Å². The second-order valence-electron chi connectivity index (χ2n) is 7.27. The summed E-state index contributed by atoms with van der Waals surface area (Å²) in [6.07, 6.45) is 6.44. The fourth-order valence-electron chi connectivity index (χ4n) is 3.83. The molecule has 5 nitrogen and oxygen atoms in total. The fourth-order valence-corrected chi connectivity index (χ4v) is 4.46. The van der Waals surface area contributed by atoms with E-state index >= 15 is 0 Å². The predicted molar refractivity (Wildman–Crippen MR) is 101 cm³/mol. The molecule has 1 aromatic heterocycles. The third-order valence-corrected chi connectivity index (χ3v) is 6.27. The zero-order chi connectivity index (χ0) is 17.6. The molecule has 1 aromatic rings. The standard InChI is InChI=1S/C19H29N3O2S/c1-15(18(23)20-13-16-5-3-2-4-6-16)21-8-10-22(11-9-21)19(24)17-7-12-25-14-17/h7,12,14-16H,2-6,8-11,13H2,1H3,(H,20,23). The van der Waals surface area contributed by atoms with Crippen molar-refractivity contribution < 1.29 is 9.59 Å². The summed E-state index contributed by atoms with van der Waals surface area (Å²) in [5.41, 5.74) is 0.775. The Balaban J connectivity index is 1.42. The quantitative estimate of drug-likeness (QED) is 0.875. The lowest BCUT2D eigenvalue weighted by molar-refractivity contribution is -0.126. The van der Waals surface area contributed by atoms with Crippen molar-refractivity contribution in [3.8, 4) is 0 Å². The Morgan fingerprint density at radius 3 is 2.56 bits per heavy atom. The molecule has 0 spiro atoms. The van der Waals surface area contributed by atoms with Crippen molar-refractivity contribution in [2.45, 2.75) is 45.1 Å². The minimum absolute atomic E-state index is 0.107. The first-order valence-corrected chi connectivity index (χ1v) is 10.4. The first kappa shape index (κ1) is 18.4. The van der Waals surface area contributed by atoms with E-state index in [0.29, 0.717) is 19.0 Å². The molecule has 2 heterocycles. The van der Waals surface area contributed by atoms with Crippen molar-refractivity contribution in [3.05, 3.63) is 22.4 Å². The summed E-state index contributed by atoms with van der Waals surface area (Å²) in [7, 11) is 0. The van der Waals surface area contributed by atoms with Crippen LogP contribution in [0, 0.1) is 5.92 Å². The highest BCUT2D eigenvalue weighted by Crippen LogP contribution is 2.22. The zero-order valence-corrected chi connectivity index (χ0v) is 15.9. The SMILES string of the molecule is CC(C(=O)NCC1CCCCC1)N1CCN(C(=O)c2ccsc2)CC1. The molecule has 0 radical (unpaired) electrons. The number of amides is 2. The van der Waals surface area contributed by atoms with Gasteiger partial charge in [0.25, 0.3) is 5.91 Å². The third-order valence-electron chi connectivity index (χ3n) is 5.59. The summed E-state index contributed by atoms with van der Waals surface area (Å²) < 4.78 is 0. The van der Waals surface area contributed by atoms with E-state index in [1.807, 2.05) is 28.7 Å². The minimum Gasteiger partial charge on any atom is -0.354 e. The van der Waals surface area contributed by atoms with E-state index in [4.69, 9.17) is 0 Å². The van der Waals surface area contributed by atoms with Gasteiger partial charge < -0.3 is 10.2 Å². The van der Waals surface area contributed by atoms with Crippen LogP contribution in [0.4, 0.5) is 0 Å². The number of hydrogen-bond acceptors (Lipinski definition) is 4. The van der Waals surface area contributed by atoms with Crippen molar-refractivity contribution in [2.24, 2.45) is 5.92 Å². The summed E-state index contributed by atoms with van der Waals surface area (Å²) in [5, 5.41) is 6.98. The maximum absolute atomic E-state index is 12.5. The summed E-state index contributed by atoms with van der Waals surface area (Å²) in [5.74, 6) is 0.892. The molecule has 1 saturated carbocycles. The van der Waals surface area contributed by atoms with Gasteiger partial charge in [-0.1, -0.05) is 19.3 Å². The molecule has 1 atom stereocenters. The van der Waals surface area contributed by atoms with Crippen LogP contribution in [0.3, 0.4) is 0 Å². The van der Waals surface area contributed by atoms with Crippen LogP contribution in [0.15, 0.2) is 16.8 Å². The van der Waals surface area contributed by atoms with Gasteiger partial charge in [-0.3, -0.25) is 14.5 Å². The van der Waals surface area contributed by atoms with E-state index < -0.39 is 0 Å². The van der Waals surface area contributed by atoms with Crippen LogP contribution in [0.25, 0.3) is 0 Å². The summed E-state index contributed by atoms with van der Waals surface area (Å²) in [6.45, 7) is 5.69. The lowest BCUT2D eigenvalue weighted by atomic mass is 9.89. The van der Waals surface area contributed by atoms with Gasteiger partial charge in [-0.2, -0.15) is 11.3 Å². The van der Waals surface area contributed by atoms with Crippen LogP contribution in [0.2, 0.25) is 0 Å². The van der Waals surface area contributed by atoms with Crippen molar-refractivity contribution in [1.29, 1.82) is 0 Å². The van der Waals surface area contributed by atoms with Crippen LogP contribution in [0.1, 0.15) is 49.4 Å². The fraction of sp³-hybridized carbons (Fsp3) is 0.684. The Morgan fingerprint density at radius 1 is 1.20 bits per heavy atom. The molecule has 25 heavy (non-hydrogen) atoms. The average molecular weight is 364 g/mol. The van der Waals surface area contributed by atoms with Gasteiger partial charge in [-0.25, -0.2) is 0 Å². The largest absolute Gasteiger partial charge is 0.354 e. The summed E-state index contributed by atoms with van der Waals surface area (Å²) in [4.78, 5) is 28.9. The number of piperazine rings is 1. The number of carbonyl (C=O) groups excluding carboxylic acids is 2. The Hall–Kier alpha value is -1.40. The van der Waals surface area contributed by atoms with Crippen LogP contribution >= 0.6 is 11.3 Å². The normalized spacial score (nSPS) is 21.1. The van der Waals surface area contributed by atoms with Crippen LogP contribution in [-0.2, 0) is 4.79 Å². The highest BCUT2D eigenvalue weighted by Gasteiger charge is 2.28. The van der Waals surface area contributed by atoms with Gasteiger partial charge in [0.05, 0.1) is 11.6 Å². The molecule has 2 amide bonds. The van der Waals surface area contributed by atoms with Gasteiger partial charge in [0.2, 0.25) is 5.91 Å². The highest BCUT2D eigenvalue weighted by molar-refractivity contribution is 7.08. The molecular formula is C19H29N3O2S. The number of nitrogens with one attached hydrogen (secondary N) is 1. The Kier molecular flexibility index (Phi) is 6.48. The van der Waals surface area contributed by atoms with E-state index in [1.165, 1.54) is 32.1 Å². The minimum atomic E-state index is -0.123. The molecule has 1 aliphatic carbocycles. The van der Waals surface area contributed by atoms with E-state index in [2.05, 4.69) is 10.2 Å². The van der Waals surface area contributed by atoms with E-state index in [9.17, 15) is 9.59 Å². The molecule has 2 fully saturated rings. The van der Waals surface area contributed by atoms with Gasteiger partial charge in [-0.15, -0.1) is 0 Å². The molecule has 1 aliphatic heterocycles. The Bertz CT molecular complexity index is 561. The van der Waals surface area contributed by atoms with Gasteiger partial charge in [0, 0.05) is 38.1 Å². The van der Waals surface area contributed by atoms with Crippen LogP contribution < -0.4 is 5.32 Å². The van der Waals surface area contributed by atoms with Gasteiger partial charge >= 0.3 is 0 Å². The maximum Gasteiger partial charge on any atom is 0.254 e. The second-order valence-corrected chi connectivity index (χ2v) is 8.05. The third kappa shape index (κ3) is 4.82. The molecule has 3 rings (SSSR count). The number of nitrogens with zero attached hydrogens (tertiary/aromatic N) is 2. The summed E-state index contributed by atoms with van der Waals surface area (Å²) in [6, 6.07) is 1.75. The van der Waals surface area contributed by atoms with Crippen molar-refractivity contribution in [3.63, 3.8) is 0 Å². The van der Waals surface area contributed by atoms with Crippen LogP contribution in [-0.4, -0.2) is 60.4 Å². The Morgan fingerprint density at radius 2 is 1.92 bits per heavy atom. The maximum atomic E-state index is 12.5. The number of rotatable bonds is 5. The average Bonchev–Trinajstić information content (AvgIpc) is 3.20. The van der Waals surface area contributed by atoms with Crippen molar-refractivity contribution in [2.75, 3.05) is 32.7 Å². The highest BCUT2D eigenvalue weighted by atomic mass is 32.1. The van der Waals surface area contributed by atoms with Gasteiger partial charge in [0.15, 0.2) is 0 Å². The van der Waals surface area contributed by atoms with Crippen LogP contribution in [0.5, 0.6) is 0 Å². The number of hydrogen-bond donors (Lipinski definition) is 1. The van der Waals surface area contributed by atoms with Gasteiger partial charge in [-0.05, 0) is 37.1 Å². The molecule has 2 aliphatic rings. The smallest absolute Gasteiger partial charge is 0.254 e. The lowest BCUT2D eigenvalue weighted by Crippen LogP contribution is -2.55. The van der Waals surface area contributed by atoms with E-state index in [1.54, 1.807) is 11.3 Å². The molecule has 6 heteroatoms. The molecule has 1 N–H and O–H groups in total. The van der Waals surface area contributed by atoms with Gasteiger partial charge in [0.1, 0.15) is 0 Å². The molecule has 138 valence electrons. The zero-order valence-electron chi connectivity index (χ0n) is 15.1. The van der Waals surface area contributed by atoms with Crippen molar-refractivity contribution >= 4 is 23.2 Å². The first-order valence-electron chi connectivity index (χ1n) is 9.48.